The van der Waals surface area contributed by atoms with Gasteiger partial charge in [0.1, 0.15) is 11.9 Å². The number of amides is 2. The Morgan fingerprint density at radius 3 is 2.46 bits per heavy atom. The fourth-order valence-corrected chi connectivity index (χ4v) is 3.58. The molecule has 1 unspecified atom stereocenters. The van der Waals surface area contributed by atoms with Crippen LogP contribution >= 0.6 is 35.0 Å². The molecule has 8 heteroatoms. The number of rotatable bonds is 8. The Morgan fingerprint density at radius 1 is 1.18 bits per heavy atom. The van der Waals surface area contributed by atoms with Crippen LogP contribution < -0.4 is 5.32 Å². The van der Waals surface area contributed by atoms with Crippen molar-refractivity contribution >= 4 is 46.8 Å². The predicted molar refractivity (Wildman–Crippen MR) is 114 cm³/mol. The lowest BCUT2D eigenvalue weighted by molar-refractivity contribution is -0.132. The molecule has 2 amide bonds. The summed E-state index contributed by atoms with van der Waals surface area (Å²) >= 11 is 13.6. The van der Waals surface area contributed by atoms with Gasteiger partial charge >= 0.3 is 0 Å². The Labute approximate surface area is 178 Å². The van der Waals surface area contributed by atoms with Crippen molar-refractivity contribution < 1.29 is 14.0 Å². The average Bonchev–Trinajstić information content (AvgIpc) is 2.66. The van der Waals surface area contributed by atoms with E-state index in [2.05, 4.69) is 5.32 Å². The molecule has 0 aliphatic rings. The minimum absolute atomic E-state index is 0.223. The fourth-order valence-electron chi connectivity index (χ4n) is 2.61. The third kappa shape index (κ3) is 6.40. The van der Waals surface area contributed by atoms with Crippen molar-refractivity contribution in [1.29, 1.82) is 0 Å². The standard InChI is InChI=1S/C20H21Cl2FN2O2S/c1-25(12-13-3-6-15(23)7-4-13)20(27)18(9-10-28-2)24-19(26)16-8-5-14(21)11-17(16)22/h3-8,11,18H,9-10,12H2,1-2H3,(H,24,26). The normalized spacial score (nSPS) is 11.8. The number of hydrogen-bond acceptors (Lipinski definition) is 3. The zero-order valence-corrected chi connectivity index (χ0v) is 17.9. The van der Waals surface area contributed by atoms with Crippen LogP contribution in [0.25, 0.3) is 0 Å². The summed E-state index contributed by atoms with van der Waals surface area (Å²) in [5.41, 5.74) is 1.06. The van der Waals surface area contributed by atoms with Crippen LogP contribution in [0, 0.1) is 5.82 Å². The fraction of sp³-hybridized carbons (Fsp3) is 0.300. The number of carbonyl (C=O) groups is 2. The summed E-state index contributed by atoms with van der Waals surface area (Å²) in [5, 5.41) is 3.42. The summed E-state index contributed by atoms with van der Waals surface area (Å²) in [6, 6.07) is 9.84. The number of likely N-dealkylation sites (N-methyl/N-ethyl adjacent to an activating group) is 1. The van der Waals surface area contributed by atoms with Gasteiger partial charge in [0, 0.05) is 18.6 Å². The van der Waals surface area contributed by atoms with Gasteiger partial charge in [0.25, 0.3) is 5.91 Å². The number of halogens is 3. The topological polar surface area (TPSA) is 49.4 Å². The smallest absolute Gasteiger partial charge is 0.253 e. The third-order valence-electron chi connectivity index (χ3n) is 4.10. The average molecular weight is 443 g/mol. The van der Waals surface area contributed by atoms with E-state index in [-0.39, 0.29) is 22.3 Å². The monoisotopic (exact) mass is 442 g/mol. The zero-order valence-electron chi connectivity index (χ0n) is 15.5. The first kappa shape index (κ1) is 22.5. The summed E-state index contributed by atoms with van der Waals surface area (Å²) in [6.07, 6.45) is 2.41. The molecule has 0 saturated carbocycles. The minimum Gasteiger partial charge on any atom is -0.340 e. The molecule has 150 valence electrons. The van der Waals surface area contributed by atoms with Gasteiger partial charge in [-0.15, -0.1) is 0 Å². The van der Waals surface area contributed by atoms with Crippen LogP contribution in [0.3, 0.4) is 0 Å². The van der Waals surface area contributed by atoms with E-state index in [1.54, 1.807) is 37.0 Å². The van der Waals surface area contributed by atoms with Gasteiger partial charge in [-0.25, -0.2) is 4.39 Å². The zero-order chi connectivity index (χ0) is 20.7. The molecule has 1 N–H and O–H groups in total. The van der Waals surface area contributed by atoms with Crippen LogP contribution in [0.5, 0.6) is 0 Å². The minimum atomic E-state index is -0.697. The number of thioether (sulfide) groups is 1. The van der Waals surface area contributed by atoms with Gasteiger partial charge in [-0.1, -0.05) is 35.3 Å². The SMILES string of the molecule is CSCCC(NC(=O)c1ccc(Cl)cc1Cl)C(=O)N(C)Cc1ccc(F)cc1. The Hall–Kier alpha value is -1.76. The molecular formula is C20H21Cl2FN2O2S. The van der Waals surface area contributed by atoms with E-state index in [0.717, 1.165) is 5.56 Å². The highest BCUT2D eigenvalue weighted by Gasteiger charge is 2.25. The Kier molecular flexibility index (Phi) is 8.60. The van der Waals surface area contributed by atoms with E-state index in [1.807, 2.05) is 6.26 Å². The first-order chi connectivity index (χ1) is 13.3. The van der Waals surface area contributed by atoms with Crippen LogP contribution in [0.4, 0.5) is 4.39 Å². The van der Waals surface area contributed by atoms with Crippen LogP contribution in [-0.4, -0.2) is 41.8 Å². The summed E-state index contributed by atoms with van der Waals surface area (Å²) < 4.78 is 13.1. The molecule has 0 spiro atoms. The summed E-state index contributed by atoms with van der Waals surface area (Å²) in [5.74, 6) is -0.286. The highest BCUT2D eigenvalue weighted by Crippen LogP contribution is 2.21. The molecule has 0 aliphatic carbocycles. The summed E-state index contributed by atoms with van der Waals surface area (Å²) in [6.45, 7) is 0.312. The Balaban J connectivity index is 2.11. The lowest BCUT2D eigenvalue weighted by atomic mass is 10.1. The van der Waals surface area contributed by atoms with Crippen molar-refractivity contribution in [3.05, 3.63) is 69.5 Å². The molecule has 4 nitrogen and oxygen atoms in total. The predicted octanol–water partition coefficient (Wildman–Crippen LogP) is 4.64. The van der Waals surface area contributed by atoms with Crippen molar-refractivity contribution in [3.8, 4) is 0 Å². The van der Waals surface area contributed by atoms with Crippen molar-refractivity contribution in [3.63, 3.8) is 0 Å². The van der Waals surface area contributed by atoms with Crippen molar-refractivity contribution in [2.24, 2.45) is 0 Å². The van der Waals surface area contributed by atoms with E-state index >= 15 is 0 Å². The Bertz CT molecular complexity index is 833. The van der Waals surface area contributed by atoms with Crippen LogP contribution in [-0.2, 0) is 11.3 Å². The highest BCUT2D eigenvalue weighted by molar-refractivity contribution is 7.98. The second-order valence-corrected chi connectivity index (χ2v) is 8.08. The molecule has 28 heavy (non-hydrogen) atoms. The molecule has 2 aromatic carbocycles. The van der Waals surface area contributed by atoms with Crippen molar-refractivity contribution in [2.45, 2.75) is 19.0 Å². The molecular weight excluding hydrogens is 422 g/mol. The van der Waals surface area contributed by atoms with E-state index in [1.165, 1.54) is 29.2 Å². The van der Waals surface area contributed by atoms with Crippen LogP contribution in [0.15, 0.2) is 42.5 Å². The van der Waals surface area contributed by atoms with E-state index in [4.69, 9.17) is 23.2 Å². The quantitative estimate of drug-likeness (QED) is 0.647. The van der Waals surface area contributed by atoms with E-state index in [0.29, 0.717) is 23.7 Å². The molecule has 0 radical (unpaired) electrons. The maximum Gasteiger partial charge on any atom is 0.253 e. The molecule has 2 rings (SSSR count). The summed E-state index contributed by atoms with van der Waals surface area (Å²) in [7, 11) is 1.65. The van der Waals surface area contributed by atoms with Crippen molar-refractivity contribution in [2.75, 3.05) is 19.1 Å². The molecule has 0 fully saturated rings. The molecule has 0 bridgehead atoms. The lowest BCUT2D eigenvalue weighted by Gasteiger charge is -2.25. The number of benzene rings is 2. The second kappa shape index (κ2) is 10.7. The first-order valence-corrected chi connectivity index (χ1v) is 10.7. The molecule has 2 aromatic rings. The first-order valence-electron chi connectivity index (χ1n) is 8.56. The van der Waals surface area contributed by atoms with E-state index in [9.17, 15) is 14.0 Å². The van der Waals surface area contributed by atoms with Gasteiger partial charge in [-0.05, 0) is 54.3 Å². The molecule has 0 aromatic heterocycles. The third-order valence-corrected chi connectivity index (χ3v) is 5.29. The summed E-state index contributed by atoms with van der Waals surface area (Å²) in [4.78, 5) is 27.0. The van der Waals surface area contributed by atoms with Gasteiger partial charge in [0.05, 0.1) is 10.6 Å². The molecule has 0 heterocycles. The number of hydrogen-bond donors (Lipinski definition) is 1. The highest BCUT2D eigenvalue weighted by atomic mass is 35.5. The van der Waals surface area contributed by atoms with Gasteiger partial charge in [-0.3, -0.25) is 9.59 Å². The van der Waals surface area contributed by atoms with Gasteiger partial charge in [0.2, 0.25) is 5.91 Å². The van der Waals surface area contributed by atoms with Crippen molar-refractivity contribution in [1.82, 2.24) is 10.2 Å². The largest absolute Gasteiger partial charge is 0.340 e. The molecule has 0 saturated heterocycles. The maximum absolute atomic E-state index is 13.1. The lowest BCUT2D eigenvalue weighted by Crippen LogP contribution is -2.47. The van der Waals surface area contributed by atoms with E-state index < -0.39 is 11.9 Å². The van der Waals surface area contributed by atoms with Crippen LogP contribution in [0.2, 0.25) is 10.0 Å². The maximum atomic E-state index is 13.1. The number of carbonyl (C=O) groups excluding carboxylic acids is 2. The number of nitrogens with zero attached hydrogens (tertiary/aromatic N) is 1. The number of nitrogens with one attached hydrogen (secondary N) is 1. The second-order valence-electron chi connectivity index (χ2n) is 6.25. The Morgan fingerprint density at radius 2 is 1.86 bits per heavy atom. The van der Waals surface area contributed by atoms with Gasteiger partial charge < -0.3 is 10.2 Å². The van der Waals surface area contributed by atoms with Crippen LogP contribution in [0.1, 0.15) is 22.3 Å². The van der Waals surface area contributed by atoms with Gasteiger partial charge in [-0.2, -0.15) is 11.8 Å². The van der Waals surface area contributed by atoms with Gasteiger partial charge in [0.15, 0.2) is 0 Å². The molecule has 0 aliphatic heterocycles. The molecule has 1 atom stereocenters.